The minimum atomic E-state index is -0.817. The number of carboxylic acid groups (broad SMARTS) is 1. The molecule has 0 aromatic rings. The summed E-state index contributed by atoms with van der Waals surface area (Å²) in [6, 6.07) is -0.625. The van der Waals surface area contributed by atoms with Crippen LogP contribution in [0.15, 0.2) is 0 Å². The molecule has 15 heavy (non-hydrogen) atoms. The van der Waals surface area contributed by atoms with Gasteiger partial charge in [-0.25, -0.2) is 0 Å². The van der Waals surface area contributed by atoms with Crippen LogP contribution >= 0.6 is 0 Å². The van der Waals surface area contributed by atoms with Gasteiger partial charge in [0, 0.05) is 0 Å². The van der Waals surface area contributed by atoms with Crippen LogP contribution < -0.4 is 10.6 Å². The van der Waals surface area contributed by atoms with Gasteiger partial charge in [-0.1, -0.05) is 0 Å². The molecule has 6 nitrogen and oxygen atoms in total. The van der Waals surface area contributed by atoms with Gasteiger partial charge < -0.3 is 20.5 Å². The van der Waals surface area contributed by atoms with E-state index in [4.69, 9.17) is 5.11 Å². The largest absolute Gasteiger partial charge is 0.480 e. The summed E-state index contributed by atoms with van der Waals surface area (Å²) in [5.41, 5.74) is 0. The van der Waals surface area contributed by atoms with E-state index in [1.165, 1.54) is 7.11 Å². The summed E-state index contributed by atoms with van der Waals surface area (Å²) in [5, 5.41) is 13.4. The predicted octanol–water partition coefficient (Wildman–Crippen LogP) is -0.554. The van der Waals surface area contributed by atoms with Gasteiger partial charge in [0.25, 0.3) is 0 Å². The molecule has 0 aliphatic carbocycles. The molecule has 90 valence electrons. The lowest BCUT2D eigenvalue weighted by Crippen LogP contribution is -2.31. The summed E-state index contributed by atoms with van der Waals surface area (Å²) in [5.74, 6) is -1.05. The number of nitrogens with one attached hydrogen (secondary N) is 2. The normalized spacial score (nSPS) is 13.1. The predicted molar refractivity (Wildman–Crippen MR) is 56.7 cm³/mol. The maximum absolute atomic E-state index is 10.5. The van der Waals surface area contributed by atoms with E-state index in [0.29, 0.717) is 0 Å². The highest BCUT2D eigenvalue weighted by Gasteiger charge is 2.07. The molecule has 2 unspecified atom stereocenters. The maximum atomic E-state index is 10.5. The number of methoxy groups -OCH3 is 1. The SMILES string of the molecule is CNC(C)C(=O)O.CNC(C)C(=O)OC. The van der Waals surface area contributed by atoms with E-state index >= 15 is 0 Å². The Morgan fingerprint density at radius 1 is 1.13 bits per heavy atom. The molecule has 0 fully saturated rings. The Morgan fingerprint density at radius 2 is 1.53 bits per heavy atom. The number of carbonyl (C=O) groups excluding carboxylic acids is 1. The summed E-state index contributed by atoms with van der Waals surface area (Å²) in [6.45, 7) is 3.33. The fraction of sp³-hybridized carbons (Fsp3) is 0.778. The van der Waals surface area contributed by atoms with E-state index in [9.17, 15) is 9.59 Å². The van der Waals surface area contributed by atoms with Crippen LogP contribution in [0.4, 0.5) is 0 Å². The second kappa shape index (κ2) is 9.42. The highest BCUT2D eigenvalue weighted by molar-refractivity contribution is 5.74. The van der Waals surface area contributed by atoms with Crippen LogP contribution in [0, 0.1) is 0 Å². The van der Waals surface area contributed by atoms with Crippen molar-refractivity contribution >= 4 is 11.9 Å². The van der Waals surface area contributed by atoms with Crippen LogP contribution in [0.1, 0.15) is 13.8 Å². The molecular formula is C9H20N2O4. The molecule has 0 aromatic carbocycles. The zero-order chi connectivity index (χ0) is 12.4. The van der Waals surface area contributed by atoms with Gasteiger partial charge in [0.1, 0.15) is 12.1 Å². The van der Waals surface area contributed by atoms with Gasteiger partial charge in [-0.15, -0.1) is 0 Å². The Hall–Kier alpha value is -1.14. The molecule has 0 aliphatic heterocycles. The van der Waals surface area contributed by atoms with Gasteiger partial charge in [0.2, 0.25) is 0 Å². The number of likely N-dealkylation sites (N-methyl/N-ethyl adjacent to an activating group) is 2. The molecule has 2 atom stereocenters. The molecule has 0 heterocycles. The minimum Gasteiger partial charge on any atom is -0.480 e. The van der Waals surface area contributed by atoms with Crippen LogP contribution in [0.5, 0.6) is 0 Å². The van der Waals surface area contributed by atoms with Gasteiger partial charge in [-0.2, -0.15) is 0 Å². The van der Waals surface area contributed by atoms with Gasteiger partial charge in [0.15, 0.2) is 0 Å². The van der Waals surface area contributed by atoms with Crippen molar-refractivity contribution in [2.24, 2.45) is 0 Å². The van der Waals surface area contributed by atoms with Crippen LogP contribution in [-0.4, -0.2) is 50.3 Å². The van der Waals surface area contributed by atoms with Crippen molar-refractivity contribution in [2.45, 2.75) is 25.9 Å². The van der Waals surface area contributed by atoms with Crippen LogP contribution in [0.2, 0.25) is 0 Å². The second-order valence-electron chi connectivity index (χ2n) is 2.88. The lowest BCUT2D eigenvalue weighted by Gasteiger charge is -2.04. The van der Waals surface area contributed by atoms with Gasteiger partial charge in [0.05, 0.1) is 7.11 Å². The monoisotopic (exact) mass is 220 g/mol. The molecule has 0 aliphatic rings. The number of ether oxygens (including phenoxy) is 1. The van der Waals surface area contributed by atoms with Crippen LogP contribution in [-0.2, 0) is 14.3 Å². The van der Waals surface area contributed by atoms with E-state index < -0.39 is 12.0 Å². The third kappa shape index (κ3) is 9.17. The molecule has 0 radical (unpaired) electrons. The first-order chi connectivity index (χ1) is 6.90. The molecule has 0 aromatic heterocycles. The maximum Gasteiger partial charge on any atom is 0.322 e. The Kier molecular flexibility index (Phi) is 10.2. The number of hydrogen-bond donors (Lipinski definition) is 3. The van der Waals surface area contributed by atoms with Gasteiger partial charge in [-0.3, -0.25) is 9.59 Å². The van der Waals surface area contributed by atoms with Crippen molar-refractivity contribution in [1.82, 2.24) is 10.6 Å². The summed E-state index contributed by atoms with van der Waals surface area (Å²) < 4.78 is 4.40. The van der Waals surface area contributed by atoms with Crippen molar-refractivity contribution in [1.29, 1.82) is 0 Å². The van der Waals surface area contributed by atoms with E-state index in [-0.39, 0.29) is 12.0 Å². The lowest BCUT2D eigenvalue weighted by molar-refractivity contribution is -0.142. The molecule has 6 heteroatoms. The zero-order valence-electron chi connectivity index (χ0n) is 9.83. The molecule has 3 N–H and O–H groups in total. The number of carboxylic acids is 1. The van der Waals surface area contributed by atoms with Crippen LogP contribution in [0.3, 0.4) is 0 Å². The Bertz CT molecular complexity index is 197. The summed E-state index contributed by atoms with van der Waals surface area (Å²) >= 11 is 0. The first kappa shape index (κ1) is 16.3. The zero-order valence-corrected chi connectivity index (χ0v) is 9.83. The first-order valence-electron chi connectivity index (χ1n) is 4.55. The van der Waals surface area contributed by atoms with Gasteiger partial charge in [-0.05, 0) is 27.9 Å². The van der Waals surface area contributed by atoms with Crippen molar-refractivity contribution in [3.63, 3.8) is 0 Å². The van der Waals surface area contributed by atoms with Crippen molar-refractivity contribution in [2.75, 3.05) is 21.2 Å². The summed E-state index contributed by atoms with van der Waals surface area (Å²) in [7, 11) is 4.69. The minimum absolute atomic E-state index is 0.194. The fourth-order valence-corrected chi connectivity index (χ4v) is 0.418. The fourth-order valence-electron chi connectivity index (χ4n) is 0.418. The van der Waals surface area contributed by atoms with Crippen molar-refractivity contribution < 1.29 is 19.4 Å². The van der Waals surface area contributed by atoms with Crippen molar-refractivity contribution in [3.8, 4) is 0 Å². The second-order valence-corrected chi connectivity index (χ2v) is 2.88. The average Bonchev–Trinajstić information content (AvgIpc) is 2.26. The first-order valence-corrected chi connectivity index (χ1v) is 4.55. The summed E-state index contributed by atoms with van der Waals surface area (Å²) in [6.07, 6.45) is 0. The molecule has 0 bridgehead atoms. The Balaban J connectivity index is 0. The van der Waals surface area contributed by atoms with Gasteiger partial charge >= 0.3 is 11.9 Å². The van der Waals surface area contributed by atoms with Crippen LogP contribution in [0.25, 0.3) is 0 Å². The third-order valence-corrected chi connectivity index (χ3v) is 1.79. The number of esters is 1. The molecule has 0 amide bonds. The van der Waals surface area contributed by atoms with E-state index in [1.54, 1.807) is 27.9 Å². The topological polar surface area (TPSA) is 87.7 Å². The molecule has 0 rings (SSSR count). The number of rotatable bonds is 4. The van der Waals surface area contributed by atoms with E-state index in [0.717, 1.165) is 0 Å². The lowest BCUT2D eigenvalue weighted by atomic mass is 10.4. The highest BCUT2D eigenvalue weighted by atomic mass is 16.5. The average molecular weight is 220 g/mol. The molecule has 0 spiro atoms. The molecule has 0 saturated carbocycles. The van der Waals surface area contributed by atoms with E-state index in [2.05, 4.69) is 15.4 Å². The summed E-state index contributed by atoms with van der Waals surface area (Å²) in [4.78, 5) is 20.3. The Morgan fingerprint density at radius 3 is 1.60 bits per heavy atom. The smallest absolute Gasteiger partial charge is 0.322 e. The Labute approximate surface area is 90.0 Å². The standard InChI is InChI=1S/C5H11NO2.C4H9NO2/c1-4(6-2)5(7)8-3;1-3(5-2)4(6)7/h4,6H,1-3H3;3,5H,1-2H3,(H,6,7). The van der Waals surface area contributed by atoms with E-state index in [1.807, 2.05) is 0 Å². The highest BCUT2D eigenvalue weighted by Crippen LogP contribution is 1.81. The third-order valence-electron chi connectivity index (χ3n) is 1.79. The quantitative estimate of drug-likeness (QED) is 0.551. The number of aliphatic carboxylic acids is 1. The van der Waals surface area contributed by atoms with Crippen molar-refractivity contribution in [3.05, 3.63) is 0 Å². The number of carbonyl (C=O) groups is 2. The molecular weight excluding hydrogens is 200 g/mol. The molecule has 0 saturated heterocycles. The number of hydrogen-bond acceptors (Lipinski definition) is 5.